The van der Waals surface area contributed by atoms with Gasteiger partial charge in [-0.25, -0.2) is 0 Å². The molecular formula is C13H16N2O2. The van der Waals surface area contributed by atoms with Crippen molar-refractivity contribution in [2.24, 2.45) is 5.41 Å². The third kappa shape index (κ3) is 2.33. The molecular weight excluding hydrogens is 216 g/mol. The molecule has 1 fully saturated rings. The normalized spacial score (nSPS) is 18.8. The Kier molecular flexibility index (Phi) is 2.93. The molecule has 1 saturated heterocycles. The highest BCUT2D eigenvalue weighted by molar-refractivity contribution is 5.94. The monoisotopic (exact) mass is 232 g/mol. The summed E-state index contributed by atoms with van der Waals surface area (Å²) in [6.07, 6.45) is 2.98. The van der Waals surface area contributed by atoms with Crippen LogP contribution in [0.1, 0.15) is 35.9 Å². The molecule has 1 amide bonds. The van der Waals surface area contributed by atoms with Crippen LogP contribution in [0.5, 0.6) is 0 Å². The minimum Gasteiger partial charge on any atom is -0.469 e. The Bertz CT molecular complexity index is 462. The molecule has 0 aliphatic carbocycles. The summed E-state index contributed by atoms with van der Waals surface area (Å²) < 4.78 is 5.14. The van der Waals surface area contributed by atoms with Crippen LogP contribution in [0.3, 0.4) is 0 Å². The molecule has 4 nitrogen and oxygen atoms in total. The van der Waals surface area contributed by atoms with Crippen LogP contribution in [0.2, 0.25) is 0 Å². The van der Waals surface area contributed by atoms with Crippen LogP contribution in [0.15, 0.2) is 16.7 Å². The number of amides is 1. The van der Waals surface area contributed by atoms with E-state index < -0.39 is 0 Å². The molecule has 4 heteroatoms. The first-order valence-corrected chi connectivity index (χ1v) is 5.80. The summed E-state index contributed by atoms with van der Waals surface area (Å²) in [5, 5.41) is 9.03. The van der Waals surface area contributed by atoms with Gasteiger partial charge in [-0.15, -0.1) is 0 Å². The zero-order chi connectivity index (χ0) is 12.5. The fourth-order valence-electron chi connectivity index (χ4n) is 2.05. The van der Waals surface area contributed by atoms with Gasteiger partial charge in [0.25, 0.3) is 5.91 Å². The third-order valence-corrected chi connectivity index (χ3v) is 3.40. The number of piperidine rings is 1. The maximum atomic E-state index is 12.1. The van der Waals surface area contributed by atoms with Crippen molar-refractivity contribution in [3.63, 3.8) is 0 Å². The number of hydrogen-bond donors (Lipinski definition) is 0. The molecule has 0 bridgehead atoms. The van der Waals surface area contributed by atoms with Crippen molar-refractivity contribution in [3.05, 3.63) is 23.7 Å². The van der Waals surface area contributed by atoms with E-state index in [0.717, 1.165) is 18.6 Å². The van der Waals surface area contributed by atoms with Crippen LogP contribution in [-0.2, 0) is 0 Å². The standard InChI is InChI=1S/C13H16N2O2/c1-10-7-11(8-17-10)12(16)15-5-3-13(2,9-14)4-6-15/h7-8H,3-6H2,1-2H3. The molecule has 0 aromatic carbocycles. The molecule has 0 spiro atoms. The Morgan fingerprint density at radius 3 is 2.65 bits per heavy atom. The van der Waals surface area contributed by atoms with Crippen molar-refractivity contribution in [1.29, 1.82) is 5.26 Å². The second-order valence-electron chi connectivity index (χ2n) is 4.91. The predicted molar refractivity (Wildman–Crippen MR) is 62.3 cm³/mol. The summed E-state index contributed by atoms with van der Waals surface area (Å²) in [5.74, 6) is 0.745. The van der Waals surface area contributed by atoms with E-state index in [9.17, 15) is 4.79 Å². The van der Waals surface area contributed by atoms with Gasteiger partial charge in [0.2, 0.25) is 0 Å². The van der Waals surface area contributed by atoms with Gasteiger partial charge in [0, 0.05) is 13.1 Å². The molecule has 2 heterocycles. The molecule has 1 aliphatic heterocycles. The number of hydrogen-bond acceptors (Lipinski definition) is 3. The molecule has 1 aromatic rings. The van der Waals surface area contributed by atoms with E-state index in [-0.39, 0.29) is 11.3 Å². The molecule has 1 aliphatic rings. The maximum Gasteiger partial charge on any atom is 0.257 e. The quantitative estimate of drug-likeness (QED) is 0.746. The van der Waals surface area contributed by atoms with E-state index in [1.165, 1.54) is 6.26 Å². The Morgan fingerprint density at radius 1 is 1.53 bits per heavy atom. The number of aryl methyl sites for hydroxylation is 1. The van der Waals surface area contributed by atoms with Crippen LogP contribution >= 0.6 is 0 Å². The van der Waals surface area contributed by atoms with E-state index in [0.29, 0.717) is 18.7 Å². The topological polar surface area (TPSA) is 57.2 Å². The molecule has 2 rings (SSSR count). The lowest BCUT2D eigenvalue weighted by Crippen LogP contribution is -2.41. The van der Waals surface area contributed by atoms with E-state index in [2.05, 4.69) is 6.07 Å². The Balaban J connectivity index is 2.02. The molecule has 0 atom stereocenters. The van der Waals surface area contributed by atoms with E-state index in [1.54, 1.807) is 11.0 Å². The van der Waals surface area contributed by atoms with Crippen LogP contribution in [0.25, 0.3) is 0 Å². The summed E-state index contributed by atoms with van der Waals surface area (Å²) in [7, 11) is 0. The largest absolute Gasteiger partial charge is 0.469 e. The lowest BCUT2D eigenvalue weighted by Gasteiger charge is -2.34. The van der Waals surface area contributed by atoms with E-state index in [4.69, 9.17) is 9.68 Å². The molecule has 0 radical (unpaired) electrons. The minimum atomic E-state index is -0.275. The Morgan fingerprint density at radius 2 is 2.18 bits per heavy atom. The zero-order valence-electron chi connectivity index (χ0n) is 10.2. The average molecular weight is 232 g/mol. The highest BCUT2D eigenvalue weighted by atomic mass is 16.3. The fourth-order valence-corrected chi connectivity index (χ4v) is 2.05. The Hall–Kier alpha value is -1.76. The van der Waals surface area contributed by atoms with Crippen molar-refractivity contribution in [1.82, 2.24) is 4.90 Å². The van der Waals surface area contributed by atoms with E-state index in [1.807, 2.05) is 13.8 Å². The fraction of sp³-hybridized carbons (Fsp3) is 0.538. The summed E-state index contributed by atoms with van der Waals surface area (Å²) in [5.41, 5.74) is 0.325. The number of furan rings is 1. The smallest absolute Gasteiger partial charge is 0.257 e. The van der Waals surface area contributed by atoms with Crippen molar-refractivity contribution in [3.8, 4) is 6.07 Å². The molecule has 90 valence electrons. The van der Waals surface area contributed by atoms with Gasteiger partial charge in [-0.2, -0.15) is 5.26 Å². The summed E-state index contributed by atoms with van der Waals surface area (Å²) >= 11 is 0. The highest BCUT2D eigenvalue weighted by Gasteiger charge is 2.32. The number of carbonyl (C=O) groups is 1. The van der Waals surface area contributed by atoms with Gasteiger partial charge in [0.15, 0.2) is 0 Å². The molecule has 0 unspecified atom stereocenters. The van der Waals surface area contributed by atoms with Gasteiger partial charge in [-0.3, -0.25) is 4.79 Å². The molecule has 17 heavy (non-hydrogen) atoms. The van der Waals surface area contributed by atoms with Crippen molar-refractivity contribution in [2.45, 2.75) is 26.7 Å². The first-order chi connectivity index (χ1) is 8.04. The SMILES string of the molecule is Cc1cc(C(=O)N2CCC(C)(C#N)CC2)co1. The average Bonchev–Trinajstić information content (AvgIpc) is 2.76. The second-order valence-corrected chi connectivity index (χ2v) is 4.91. The highest BCUT2D eigenvalue weighted by Crippen LogP contribution is 2.30. The summed E-state index contributed by atoms with van der Waals surface area (Å²) in [6, 6.07) is 4.08. The van der Waals surface area contributed by atoms with E-state index >= 15 is 0 Å². The van der Waals surface area contributed by atoms with Gasteiger partial charge in [-0.1, -0.05) is 0 Å². The van der Waals surface area contributed by atoms with Gasteiger partial charge in [0.05, 0.1) is 17.0 Å². The van der Waals surface area contributed by atoms with Gasteiger partial charge < -0.3 is 9.32 Å². The molecule has 0 saturated carbocycles. The second kappa shape index (κ2) is 4.25. The van der Waals surface area contributed by atoms with Crippen molar-refractivity contribution in [2.75, 3.05) is 13.1 Å². The van der Waals surface area contributed by atoms with Gasteiger partial charge >= 0.3 is 0 Å². The van der Waals surface area contributed by atoms with Crippen molar-refractivity contribution >= 4 is 5.91 Å². The van der Waals surface area contributed by atoms with Crippen LogP contribution in [0.4, 0.5) is 0 Å². The summed E-state index contributed by atoms with van der Waals surface area (Å²) in [4.78, 5) is 13.9. The zero-order valence-corrected chi connectivity index (χ0v) is 10.2. The predicted octanol–water partition coefficient (Wildman–Crippen LogP) is 2.35. The maximum absolute atomic E-state index is 12.1. The van der Waals surface area contributed by atoms with Crippen LogP contribution in [0, 0.1) is 23.7 Å². The van der Waals surface area contributed by atoms with Gasteiger partial charge in [-0.05, 0) is 32.8 Å². The lowest BCUT2D eigenvalue weighted by atomic mass is 9.82. The van der Waals surface area contributed by atoms with Crippen molar-refractivity contribution < 1.29 is 9.21 Å². The minimum absolute atomic E-state index is 0.00170. The first-order valence-electron chi connectivity index (χ1n) is 5.80. The van der Waals surface area contributed by atoms with Crippen LogP contribution in [-0.4, -0.2) is 23.9 Å². The molecule has 0 N–H and O–H groups in total. The first kappa shape index (κ1) is 11.7. The van der Waals surface area contributed by atoms with Crippen LogP contribution < -0.4 is 0 Å². The number of likely N-dealkylation sites (tertiary alicyclic amines) is 1. The molecule has 1 aromatic heterocycles. The number of rotatable bonds is 1. The lowest BCUT2D eigenvalue weighted by molar-refractivity contribution is 0.0661. The van der Waals surface area contributed by atoms with Gasteiger partial charge in [0.1, 0.15) is 12.0 Å². The summed E-state index contributed by atoms with van der Waals surface area (Å²) in [6.45, 7) is 5.07. The number of nitriles is 1. The third-order valence-electron chi connectivity index (χ3n) is 3.40. The number of nitrogens with zero attached hydrogens (tertiary/aromatic N) is 2. The number of carbonyl (C=O) groups excluding carboxylic acids is 1. The Labute approximate surface area is 101 Å².